The topological polar surface area (TPSA) is 72.8 Å². The maximum Gasteiger partial charge on any atom is 0.339 e. The lowest BCUT2D eigenvalue weighted by atomic mass is 10.1. The largest absolute Gasteiger partial charge is 0.493 e. The fourth-order valence-corrected chi connectivity index (χ4v) is 2.19. The summed E-state index contributed by atoms with van der Waals surface area (Å²) in [6, 6.07) is 6.57. The van der Waals surface area contributed by atoms with Crippen LogP contribution in [0.5, 0.6) is 5.75 Å². The Labute approximate surface area is 140 Å². The van der Waals surface area contributed by atoms with Crippen LogP contribution in [0.3, 0.4) is 0 Å². The first-order valence-electron chi connectivity index (χ1n) is 7.47. The van der Waals surface area contributed by atoms with Gasteiger partial charge in [-0.05, 0) is 31.4 Å². The zero-order valence-electron chi connectivity index (χ0n) is 12.9. The van der Waals surface area contributed by atoms with Crippen LogP contribution in [0.25, 0.3) is 0 Å². The van der Waals surface area contributed by atoms with Crippen molar-refractivity contribution in [2.45, 2.75) is 37.7 Å². The van der Waals surface area contributed by atoms with E-state index in [0.717, 1.165) is 31.8 Å². The summed E-state index contributed by atoms with van der Waals surface area (Å²) in [4.78, 5) is 21.9. The molecule has 0 fully saturated rings. The van der Waals surface area contributed by atoms with Gasteiger partial charge in [0, 0.05) is 6.08 Å². The van der Waals surface area contributed by atoms with Crippen LogP contribution in [0, 0.1) is 0 Å². The highest BCUT2D eigenvalue weighted by Crippen LogP contribution is 2.18. The Morgan fingerprint density at radius 3 is 2.61 bits per heavy atom. The molecule has 1 rings (SSSR count). The summed E-state index contributed by atoms with van der Waals surface area (Å²) in [5.41, 5.74) is -0.458. The summed E-state index contributed by atoms with van der Waals surface area (Å²) in [5.74, 6) is -1.13. The van der Waals surface area contributed by atoms with E-state index in [-0.39, 0.29) is 5.56 Å². The number of carbonyl (C=O) groups excluding carboxylic acids is 1. The third-order valence-corrected chi connectivity index (χ3v) is 3.42. The minimum Gasteiger partial charge on any atom is -0.493 e. The van der Waals surface area contributed by atoms with E-state index in [0.29, 0.717) is 18.8 Å². The molecular weight excluding hydrogens is 320 g/mol. The normalized spacial score (nSPS) is 11.5. The minimum atomic E-state index is -0.997. The van der Waals surface area contributed by atoms with E-state index < -0.39 is 17.5 Å². The predicted molar refractivity (Wildman–Crippen MR) is 87.9 cm³/mol. The number of carboxylic acids is 1. The second-order valence-corrected chi connectivity index (χ2v) is 5.39. The van der Waals surface area contributed by atoms with Crippen molar-refractivity contribution in [1.82, 2.24) is 0 Å². The molecule has 5 nitrogen and oxygen atoms in total. The quantitative estimate of drug-likeness (QED) is 0.285. The number of unbranched alkanes of at least 4 members (excludes halogenated alkanes) is 3. The summed E-state index contributed by atoms with van der Waals surface area (Å²) in [7, 11) is 0. The minimum absolute atomic E-state index is 0.168. The van der Waals surface area contributed by atoms with Crippen molar-refractivity contribution >= 4 is 23.5 Å². The number of alkyl halides is 1. The zero-order chi connectivity index (χ0) is 17.1. The maximum atomic E-state index is 11.0. The van der Waals surface area contributed by atoms with Gasteiger partial charge in [0.05, 0.1) is 6.61 Å². The molecule has 1 N–H and O–H groups in total. The van der Waals surface area contributed by atoms with E-state index >= 15 is 0 Å². The molecular formula is C17H21ClO5. The van der Waals surface area contributed by atoms with Gasteiger partial charge in [0.25, 0.3) is 0 Å². The molecule has 0 saturated heterocycles. The van der Waals surface area contributed by atoms with Crippen LogP contribution >= 0.6 is 11.6 Å². The molecule has 1 aromatic carbocycles. The zero-order valence-corrected chi connectivity index (χ0v) is 13.6. The average Bonchev–Trinajstić information content (AvgIpc) is 2.54. The highest BCUT2D eigenvalue weighted by molar-refractivity contribution is 6.20. The number of halogens is 1. The number of carbonyl (C=O) groups is 2. The lowest BCUT2D eigenvalue weighted by Crippen LogP contribution is -2.10. The first kappa shape index (κ1) is 19.0. The molecule has 0 aliphatic rings. The molecule has 1 atom stereocenters. The van der Waals surface area contributed by atoms with E-state index in [1.807, 2.05) is 0 Å². The van der Waals surface area contributed by atoms with E-state index in [1.165, 1.54) is 6.07 Å². The van der Waals surface area contributed by atoms with Crippen LogP contribution in [-0.2, 0) is 9.53 Å². The van der Waals surface area contributed by atoms with Gasteiger partial charge in [0.2, 0.25) is 0 Å². The van der Waals surface area contributed by atoms with Crippen molar-refractivity contribution in [3.05, 3.63) is 42.5 Å². The number of para-hydroxylation sites is 1. The number of ether oxygens (including phenoxy) is 2. The maximum absolute atomic E-state index is 11.0. The van der Waals surface area contributed by atoms with Crippen molar-refractivity contribution in [2.24, 2.45) is 0 Å². The number of esters is 1. The van der Waals surface area contributed by atoms with Gasteiger partial charge < -0.3 is 14.6 Å². The van der Waals surface area contributed by atoms with Gasteiger partial charge in [-0.15, -0.1) is 0 Å². The van der Waals surface area contributed by atoms with Crippen molar-refractivity contribution in [3.63, 3.8) is 0 Å². The van der Waals surface area contributed by atoms with Crippen LogP contribution in [0.15, 0.2) is 36.9 Å². The summed E-state index contributed by atoms with van der Waals surface area (Å²) >= 11 is 5.85. The molecule has 0 radical (unpaired) electrons. The van der Waals surface area contributed by atoms with Crippen LogP contribution < -0.4 is 4.74 Å². The smallest absolute Gasteiger partial charge is 0.339 e. The molecule has 0 aliphatic heterocycles. The molecule has 0 amide bonds. The lowest BCUT2D eigenvalue weighted by Gasteiger charge is -2.10. The van der Waals surface area contributed by atoms with Gasteiger partial charge in [-0.2, -0.15) is 0 Å². The number of hydrogen-bond acceptors (Lipinski definition) is 4. The molecule has 0 saturated carbocycles. The third-order valence-electron chi connectivity index (χ3n) is 3.11. The van der Waals surface area contributed by atoms with Crippen LogP contribution in [0.2, 0.25) is 0 Å². The highest BCUT2D eigenvalue weighted by Gasteiger charge is 2.10. The van der Waals surface area contributed by atoms with E-state index in [2.05, 4.69) is 6.58 Å². The molecule has 1 aromatic rings. The highest BCUT2D eigenvalue weighted by atomic mass is 35.5. The average molecular weight is 341 g/mol. The Bertz CT molecular complexity index is 529. The second kappa shape index (κ2) is 10.7. The van der Waals surface area contributed by atoms with Crippen LogP contribution in [-0.4, -0.2) is 29.2 Å². The molecule has 0 bridgehead atoms. The third kappa shape index (κ3) is 7.70. The number of hydrogen-bond donors (Lipinski definition) is 1. The molecule has 0 aliphatic carbocycles. The SMILES string of the molecule is C=CC(=O)OC(Cl)CCCCCCOc1ccccc1C(=O)O. The van der Waals surface area contributed by atoms with Crippen LogP contribution in [0.4, 0.5) is 0 Å². The molecule has 23 heavy (non-hydrogen) atoms. The Balaban J connectivity index is 2.13. The lowest BCUT2D eigenvalue weighted by molar-refractivity contribution is -0.139. The van der Waals surface area contributed by atoms with Crippen molar-refractivity contribution in [2.75, 3.05) is 6.61 Å². The van der Waals surface area contributed by atoms with Gasteiger partial charge >= 0.3 is 11.9 Å². The van der Waals surface area contributed by atoms with Gasteiger partial charge in [-0.3, -0.25) is 0 Å². The number of carboxylic acid groups (broad SMARTS) is 1. The fraction of sp³-hybridized carbons (Fsp3) is 0.412. The van der Waals surface area contributed by atoms with Gasteiger partial charge in [-0.1, -0.05) is 43.2 Å². The molecule has 1 unspecified atom stereocenters. The summed E-state index contributed by atoms with van der Waals surface area (Å²) in [6.45, 7) is 3.76. The molecule has 0 aromatic heterocycles. The Kier molecular flexibility index (Phi) is 8.83. The fourth-order valence-electron chi connectivity index (χ4n) is 1.94. The molecule has 6 heteroatoms. The van der Waals surface area contributed by atoms with Crippen molar-refractivity contribution < 1.29 is 24.2 Å². The van der Waals surface area contributed by atoms with Gasteiger partial charge in [0.15, 0.2) is 5.56 Å². The molecule has 126 valence electrons. The summed E-state index contributed by atoms with van der Waals surface area (Å²) in [5, 5.41) is 9.04. The van der Waals surface area contributed by atoms with Gasteiger partial charge in [0.1, 0.15) is 11.3 Å². The van der Waals surface area contributed by atoms with E-state index in [4.69, 9.17) is 26.2 Å². The Hall–Kier alpha value is -2.01. The second-order valence-electron chi connectivity index (χ2n) is 4.90. The molecule has 0 spiro atoms. The van der Waals surface area contributed by atoms with Crippen LogP contribution in [0.1, 0.15) is 42.5 Å². The first-order chi connectivity index (χ1) is 11.0. The van der Waals surface area contributed by atoms with Crippen molar-refractivity contribution in [1.29, 1.82) is 0 Å². The van der Waals surface area contributed by atoms with Crippen molar-refractivity contribution in [3.8, 4) is 5.75 Å². The van der Waals surface area contributed by atoms with E-state index in [1.54, 1.807) is 18.2 Å². The summed E-state index contributed by atoms with van der Waals surface area (Å²) < 4.78 is 10.4. The molecule has 0 heterocycles. The Morgan fingerprint density at radius 2 is 1.91 bits per heavy atom. The first-order valence-corrected chi connectivity index (χ1v) is 7.90. The predicted octanol–water partition coefficient (Wildman–Crippen LogP) is 4.01. The number of aromatic carboxylic acids is 1. The monoisotopic (exact) mass is 340 g/mol. The standard InChI is InChI=1S/C17H21ClO5/c1-2-16(19)23-15(18)11-5-3-4-8-12-22-14-10-7-6-9-13(14)17(20)21/h2,6-7,9-10,15H,1,3-5,8,11-12H2,(H,20,21). The number of rotatable bonds is 11. The van der Waals surface area contributed by atoms with Gasteiger partial charge in [-0.25, -0.2) is 9.59 Å². The Morgan fingerprint density at radius 1 is 1.22 bits per heavy atom. The summed E-state index contributed by atoms with van der Waals surface area (Å²) in [6.07, 6.45) is 5.18. The number of benzene rings is 1. The van der Waals surface area contributed by atoms with E-state index in [9.17, 15) is 9.59 Å².